The van der Waals surface area contributed by atoms with Gasteiger partial charge in [0.05, 0.1) is 18.1 Å². The minimum atomic E-state index is 0.0221. The summed E-state index contributed by atoms with van der Waals surface area (Å²) in [6.45, 7) is 6.93. The summed E-state index contributed by atoms with van der Waals surface area (Å²) >= 11 is 6.78. The zero-order chi connectivity index (χ0) is 16.2. The number of aryl methyl sites for hydroxylation is 1. The number of morpholine rings is 1. The van der Waals surface area contributed by atoms with Crippen molar-refractivity contribution in [2.24, 2.45) is 0 Å². The molecule has 0 N–H and O–H groups in total. The third kappa shape index (κ3) is 4.20. The van der Waals surface area contributed by atoms with Gasteiger partial charge in [0.15, 0.2) is 0 Å². The summed E-state index contributed by atoms with van der Waals surface area (Å²) in [5.74, 6) is 0.0221. The highest BCUT2D eigenvalue weighted by Gasteiger charge is 2.32. The molecule has 2 fully saturated rings. The molecule has 2 aliphatic heterocycles. The number of carbonyl (C=O) groups excluding carboxylic acids is 1. The summed E-state index contributed by atoms with van der Waals surface area (Å²) in [6.07, 6.45) is 1.92. The molecule has 23 heavy (non-hydrogen) atoms. The van der Waals surface area contributed by atoms with Crippen LogP contribution in [0.4, 0.5) is 0 Å². The fourth-order valence-electron chi connectivity index (χ4n) is 2.57. The molecule has 0 saturated carbocycles. The van der Waals surface area contributed by atoms with E-state index in [1.165, 1.54) is 17.3 Å². The molecule has 122 valence electrons. The monoisotopic (exact) mass is 348 g/mol. The van der Waals surface area contributed by atoms with Crippen LogP contribution >= 0.6 is 24.0 Å². The minimum absolute atomic E-state index is 0.0221. The third-order valence-electron chi connectivity index (χ3n) is 3.99. The van der Waals surface area contributed by atoms with Gasteiger partial charge >= 0.3 is 0 Å². The van der Waals surface area contributed by atoms with Gasteiger partial charge in [-0.25, -0.2) is 0 Å². The van der Waals surface area contributed by atoms with Gasteiger partial charge in [-0.3, -0.25) is 14.6 Å². The van der Waals surface area contributed by atoms with Crippen molar-refractivity contribution in [2.45, 2.75) is 6.92 Å². The maximum atomic E-state index is 12.6. The van der Waals surface area contributed by atoms with Crippen molar-refractivity contribution < 1.29 is 9.53 Å². The molecule has 1 amide bonds. The Bertz CT molecular complexity index is 622. The molecule has 1 aromatic rings. The Labute approximate surface area is 146 Å². The normalized spacial score (nSPS) is 21.4. The zero-order valence-electron chi connectivity index (χ0n) is 13.2. The molecule has 0 bridgehead atoms. The summed E-state index contributed by atoms with van der Waals surface area (Å²) < 4.78 is 6.00. The Morgan fingerprint density at radius 2 is 1.91 bits per heavy atom. The lowest BCUT2D eigenvalue weighted by atomic mass is 10.1. The van der Waals surface area contributed by atoms with Gasteiger partial charge in [-0.05, 0) is 18.6 Å². The molecule has 0 radical (unpaired) electrons. The minimum Gasteiger partial charge on any atom is -0.379 e. The molecule has 0 atom stereocenters. The molecule has 0 aliphatic carbocycles. The van der Waals surface area contributed by atoms with Crippen molar-refractivity contribution >= 4 is 40.3 Å². The van der Waals surface area contributed by atoms with Crippen LogP contribution in [0.2, 0.25) is 0 Å². The molecule has 2 saturated heterocycles. The number of thioether (sulfide) groups is 1. The first kappa shape index (κ1) is 16.6. The van der Waals surface area contributed by atoms with E-state index in [-0.39, 0.29) is 5.91 Å². The second-order valence-corrected chi connectivity index (χ2v) is 7.37. The van der Waals surface area contributed by atoms with Gasteiger partial charge in [-0.15, -0.1) is 0 Å². The molecule has 2 heterocycles. The van der Waals surface area contributed by atoms with E-state index in [1.807, 2.05) is 30.3 Å². The van der Waals surface area contributed by atoms with E-state index in [0.29, 0.717) is 15.8 Å². The van der Waals surface area contributed by atoms with E-state index in [9.17, 15) is 4.79 Å². The molecule has 1 aromatic carbocycles. The number of hydrogen-bond acceptors (Lipinski definition) is 5. The quantitative estimate of drug-likeness (QED) is 0.617. The Morgan fingerprint density at radius 3 is 2.61 bits per heavy atom. The highest BCUT2D eigenvalue weighted by molar-refractivity contribution is 8.26. The second kappa shape index (κ2) is 7.57. The van der Waals surface area contributed by atoms with Crippen LogP contribution in [-0.4, -0.2) is 59.4 Å². The first-order valence-corrected chi connectivity index (χ1v) is 8.98. The summed E-state index contributed by atoms with van der Waals surface area (Å²) in [7, 11) is 0. The fraction of sp³-hybridized carbons (Fsp3) is 0.412. The first-order valence-electron chi connectivity index (χ1n) is 7.75. The Hall–Kier alpha value is -1.21. The Kier molecular flexibility index (Phi) is 5.48. The number of carbonyl (C=O) groups is 1. The summed E-state index contributed by atoms with van der Waals surface area (Å²) in [5.41, 5.74) is 2.24. The number of thiocarbonyl (C=S) groups is 1. The molecular formula is C17H20N2O2S2. The van der Waals surface area contributed by atoms with Crippen molar-refractivity contribution in [3.8, 4) is 0 Å². The molecule has 0 spiro atoms. The lowest BCUT2D eigenvalue weighted by Gasteiger charge is -2.28. The van der Waals surface area contributed by atoms with Crippen LogP contribution in [0.15, 0.2) is 29.2 Å². The molecule has 2 aliphatic rings. The standard InChI is InChI=1S/C17H20N2O2S2/c1-13-2-4-14(5-3-13)12-15-16(20)19(17(22)23-15)7-6-18-8-10-21-11-9-18/h2-5,12H,6-11H2,1H3/b15-12-. The van der Waals surface area contributed by atoms with E-state index < -0.39 is 0 Å². The van der Waals surface area contributed by atoms with Crippen LogP contribution in [0.1, 0.15) is 11.1 Å². The molecule has 0 aromatic heterocycles. The van der Waals surface area contributed by atoms with Crippen LogP contribution in [0, 0.1) is 6.92 Å². The van der Waals surface area contributed by atoms with Crippen LogP contribution in [0.5, 0.6) is 0 Å². The Morgan fingerprint density at radius 1 is 1.22 bits per heavy atom. The lowest BCUT2D eigenvalue weighted by molar-refractivity contribution is -0.122. The molecule has 4 nitrogen and oxygen atoms in total. The highest BCUT2D eigenvalue weighted by Crippen LogP contribution is 2.32. The van der Waals surface area contributed by atoms with Gasteiger partial charge in [0.25, 0.3) is 5.91 Å². The average Bonchev–Trinajstić information content (AvgIpc) is 2.82. The van der Waals surface area contributed by atoms with Crippen LogP contribution < -0.4 is 0 Å². The molecule has 6 heteroatoms. The van der Waals surface area contributed by atoms with Gasteiger partial charge < -0.3 is 4.74 Å². The molecule has 3 rings (SSSR count). The maximum absolute atomic E-state index is 12.6. The maximum Gasteiger partial charge on any atom is 0.266 e. The van der Waals surface area contributed by atoms with Gasteiger partial charge in [0.1, 0.15) is 4.32 Å². The van der Waals surface area contributed by atoms with Crippen molar-refractivity contribution in [3.63, 3.8) is 0 Å². The van der Waals surface area contributed by atoms with Crippen molar-refractivity contribution in [1.82, 2.24) is 9.80 Å². The van der Waals surface area contributed by atoms with Crippen LogP contribution in [-0.2, 0) is 9.53 Å². The lowest BCUT2D eigenvalue weighted by Crippen LogP contribution is -2.42. The summed E-state index contributed by atoms with van der Waals surface area (Å²) in [5, 5.41) is 0. The number of amides is 1. The smallest absolute Gasteiger partial charge is 0.266 e. The topological polar surface area (TPSA) is 32.8 Å². The van der Waals surface area contributed by atoms with E-state index in [4.69, 9.17) is 17.0 Å². The zero-order valence-corrected chi connectivity index (χ0v) is 14.8. The van der Waals surface area contributed by atoms with E-state index in [0.717, 1.165) is 38.4 Å². The third-order valence-corrected chi connectivity index (χ3v) is 5.37. The fourth-order valence-corrected chi connectivity index (χ4v) is 3.88. The predicted octanol–water partition coefficient (Wildman–Crippen LogP) is 2.53. The van der Waals surface area contributed by atoms with E-state index in [2.05, 4.69) is 11.8 Å². The summed E-state index contributed by atoms with van der Waals surface area (Å²) in [4.78, 5) is 17.3. The van der Waals surface area contributed by atoms with Crippen molar-refractivity contribution in [1.29, 1.82) is 0 Å². The average molecular weight is 348 g/mol. The van der Waals surface area contributed by atoms with E-state index in [1.54, 1.807) is 4.90 Å². The van der Waals surface area contributed by atoms with Crippen molar-refractivity contribution in [2.75, 3.05) is 39.4 Å². The van der Waals surface area contributed by atoms with Gasteiger partial charge in [0, 0.05) is 26.2 Å². The van der Waals surface area contributed by atoms with Gasteiger partial charge in [0.2, 0.25) is 0 Å². The van der Waals surface area contributed by atoms with Gasteiger partial charge in [-0.2, -0.15) is 0 Å². The predicted molar refractivity (Wildman–Crippen MR) is 98.3 cm³/mol. The number of ether oxygens (including phenoxy) is 1. The summed E-state index contributed by atoms with van der Waals surface area (Å²) in [6, 6.07) is 8.14. The van der Waals surface area contributed by atoms with Gasteiger partial charge in [-0.1, -0.05) is 53.8 Å². The van der Waals surface area contributed by atoms with E-state index >= 15 is 0 Å². The largest absolute Gasteiger partial charge is 0.379 e. The van der Waals surface area contributed by atoms with Crippen LogP contribution in [0.25, 0.3) is 6.08 Å². The highest BCUT2D eigenvalue weighted by atomic mass is 32.2. The number of hydrogen-bond donors (Lipinski definition) is 0. The SMILES string of the molecule is Cc1ccc(/C=C2\SC(=S)N(CCN3CCOCC3)C2=O)cc1. The number of rotatable bonds is 4. The first-order chi connectivity index (χ1) is 11.1. The number of benzene rings is 1. The Balaban J connectivity index is 1.63. The molecule has 0 unspecified atom stereocenters. The van der Waals surface area contributed by atoms with Crippen molar-refractivity contribution in [3.05, 3.63) is 40.3 Å². The molecular weight excluding hydrogens is 328 g/mol. The number of nitrogens with zero attached hydrogens (tertiary/aromatic N) is 2. The second-order valence-electron chi connectivity index (χ2n) is 5.70. The van der Waals surface area contributed by atoms with Crippen LogP contribution in [0.3, 0.4) is 0 Å².